The summed E-state index contributed by atoms with van der Waals surface area (Å²) in [5.74, 6) is 0. The maximum atomic E-state index is 12.4. The molecule has 1 heterocycles. The number of ether oxygens (including phenoxy) is 1. The molecule has 5 nitrogen and oxygen atoms in total. The van der Waals surface area contributed by atoms with Gasteiger partial charge in [-0.15, -0.1) is 0 Å². The molecule has 0 spiro atoms. The van der Waals surface area contributed by atoms with E-state index in [1.54, 1.807) is 12.1 Å². The van der Waals surface area contributed by atoms with Gasteiger partial charge in [-0.25, -0.2) is 13.1 Å². The number of rotatable bonds is 7. The van der Waals surface area contributed by atoms with Crippen molar-refractivity contribution in [3.8, 4) is 0 Å². The molecular formula is C14H22N2O3S. The maximum Gasteiger partial charge on any atom is 0.240 e. The molecule has 0 saturated carbocycles. The fraction of sp³-hybridized carbons (Fsp3) is 0.571. The van der Waals surface area contributed by atoms with E-state index >= 15 is 0 Å². The van der Waals surface area contributed by atoms with Gasteiger partial charge in [0.1, 0.15) is 0 Å². The van der Waals surface area contributed by atoms with E-state index in [2.05, 4.69) is 10.0 Å². The lowest BCUT2D eigenvalue weighted by molar-refractivity contribution is 0.114. The molecule has 2 N–H and O–H groups in total. The SMILES string of the molecule is CCNCc1ccccc1S(=O)(=O)NCC1CCCO1. The zero-order valence-electron chi connectivity index (χ0n) is 11.8. The third-order valence-corrected chi connectivity index (χ3v) is 4.88. The van der Waals surface area contributed by atoms with Crippen LogP contribution in [0.1, 0.15) is 25.3 Å². The van der Waals surface area contributed by atoms with E-state index in [9.17, 15) is 8.42 Å². The first-order valence-corrected chi connectivity index (χ1v) is 8.51. The second kappa shape index (κ2) is 7.17. The van der Waals surface area contributed by atoms with Crippen molar-refractivity contribution in [1.29, 1.82) is 0 Å². The highest BCUT2D eigenvalue weighted by Gasteiger charge is 2.21. The van der Waals surface area contributed by atoms with E-state index in [1.807, 2.05) is 19.1 Å². The Morgan fingerprint density at radius 3 is 2.85 bits per heavy atom. The normalized spacial score (nSPS) is 19.4. The molecule has 1 saturated heterocycles. The molecule has 1 aliphatic heterocycles. The highest BCUT2D eigenvalue weighted by molar-refractivity contribution is 7.89. The standard InChI is InChI=1S/C14H22N2O3S/c1-2-15-10-12-6-3-4-8-14(12)20(17,18)16-11-13-7-5-9-19-13/h3-4,6,8,13,15-16H,2,5,7,9-11H2,1H3. The molecule has 0 bridgehead atoms. The van der Waals surface area contributed by atoms with Crippen LogP contribution >= 0.6 is 0 Å². The summed E-state index contributed by atoms with van der Waals surface area (Å²) in [6.45, 7) is 4.42. The summed E-state index contributed by atoms with van der Waals surface area (Å²) < 4.78 is 32.9. The van der Waals surface area contributed by atoms with Crippen LogP contribution in [0.5, 0.6) is 0 Å². The van der Waals surface area contributed by atoms with Crippen LogP contribution in [0, 0.1) is 0 Å². The molecular weight excluding hydrogens is 276 g/mol. The third-order valence-electron chi connectivity index (χ3n) is 3.35. The number of sulfonamides is 1. The molecule has 0 aliphatic carbocycles. The van der Waals surface area contributed by atoms with Crippen molar-refractivity contribution in [2.75, 3.05) is 19.7 Å². The summed E-state index contributed by atoms with van der Waals surface area (Å²) in [5, 5.41) is 3.16. The van der Waals surface area contributed by atoms with Crippen molar-refractivity contribution in [2.45, 2.75) is 37.3 Å². The number of benzene rings is 1. The Hall–Kier alpha value is -0.950. The van der Waals surface area contributed by atoms with Crippen molar-refractivity contribution in [3.63, 3.8) is 0 Å². The molecule has 0 radical (unpaired) electrons. The Morgan fingerprint density at radius 1 is 1.35 bits per heavy atom. The molecule has 6 heteroatoms. The van der Waals surface area contributed by atoms with Crippen LogP contribution < -0.4 is 10.0 Å². The van der Waals surface area contributed by atoms with Crippen molar-refractivity contribution in [3.05, 3.63) is 29.8 Å². The van der Waals surface area contributed by atoms with Crippen molar-refractivity contribution < 1.29 is 13.2 Å². The average molecular weight is 298 g/mol. The molecule has 112 valence electrons. The van der Waals surface area contributed by atoms with Crippen LogP contribution in [0.15, 0.2) is 29.2 Å². The van der Waals surface area contributed by atoms with Crippen LogP contribution in [0.2, 0.25) is 0 Å². The molecule has 1 atom stereocenters. The molecule has 1 aromatic carbocycles. The Kier molecular flexibility index (Phi) is 5.54. The fourth-order valence-electron chi connectivity index (χ4n) is 2.26. The van der Waals surface area contributed by atoms with Crippen molar-refractivity contribution in [2.24, 2.45) is 0 Å². The van der Waals surface area contributed by atoms with Gasteiger partial charge in [0.2, 0.25) is 10.0 Å². The highest BCUT2D eigenvalue weighted by atomic mass is 32.2. The molecule has 1 aliphatic rings. The van der Waals surface area contributed by atoms with E-state index in [-0.39, 0.29) is 6.10 Å². The van der Waals surface area contributed by atoms with Gasteiger partial charge in [0.25, 0.3) is 0 Å². The minimum atomic E-state index is -3.48. The minimum Gasteiger partial charge on any atom is -0.377 e. The summed E-state index contributed by atoms with van der Waals surface area (Å²) >= 11 is 0. The van der Waals surface area contributed by atoms with Gasteiger partial charge in [-0.05, 0) is 31.0 Å². The lowest BCUT2D eigenvalue weighted by atomic mass is 10.2. The van der Waals surface area contributed by atoms with Crippen LogP contribution in [-0.2, 0) is 21.3 Å². The zero-order valence-corrected chi connectivity index (χ0v) is 12.6. The summed E-state index contributed by atoms with van der Waals surface area (Å²) in [6, 6.07) is 7.08. The first-order valence-electron chi connectivity index (χ1n) is 7.03. The average Bonchev–Trinajstić information content (AvgIpc) is 2.97. The summed E-state index contributed by atoms with van der Waals surface area (Å²) in [6.07, 6.45) is 1.93. The van der Waals surface area contributed by atoms with Gasteiger partial charge in [-0.2, -0.15) is 0 Å². The number of nitrogens with one attached hydrogen (secondary N) is 2. The van der Waals surface area contributed by atoms with Crippen LogP contribution in [0.25, 0.3) is 0 Å². The molecule has 1 fully saturated rings. The van der Waals surface area contributed by atoms with E-state index in [1.165, 1.54) is 0 Å². The Labute approximate surface area is 120 Å². The third kappa shape index (κ3) is 4.02. The van der Waals surface area contributed by atoms with Crippen LogP contribution in [0.4, 0.5) is 0 Å². The smallest absolute Gasteiger partial charge is 0.240 e. The van der Waals surface area contributed by atoms with E-state index in [0.717, 1.165) is 31.6 Å². The summed E-state index contributed by atoms with van der Waals surface area (Å²) in [5.41, 5.74) is 0.786. The van der Waals surface area contributed by atoms with Gasteiger partial charge in [0.15, 0.2) is 0 Å². The summed E-state index contributed by atoms with van der Waals surface area (Å²) in [7, 11) is -3.48. The molecule has 1 aromatic rings. The maximum absolute atomic E-state index is 12.4. The lowest BCUT2D eigenvalue weighted by Crippen LogP contribution is -2.32. The van der Waals surface area contributed by atoms with Gasteiger partial charge in [-0.3, -0.25) is 0 Å². The number of hydrogen-bond donors (Lipinski definition) is 2. The predicted molar refractivity (Wildman–Crippen MR) is 78.0 cm³/mol. The van der Waals surface area contributed by atoms with Gasteiger partial charge in [-0.1, -0.05) is 25.1 Å². The first-order chi connectivity index (χ1) is 9.63. The molecule has 0 aromatic heterocycles. The Morgan fingerprint density at radius 2 is 2.15 bits per heavy atom. The quantitative estimate of drug-likeness (QED) is 0.795. The molecule has 2 rings (SSSR count). The van der Waals surface area contributed by atoms with Gasteiger partial charge >= 0.3 is 0 Å². The fourth-order valence-corrected chi connectivity index (χ4v) is 3.56. The monoisotopic (exact) mass is 298 g/mol. The lowest BCUT2D eigenvalue weighted by Gasteiger charge is -2.14. The topological polar surface area (TPSA) is 67.4 Å². The van der Waals surface area contributed by atoms with E-state index in [4.69, 9.17) is 4.74 Å². The van der Waals surface area contributed by atoms with Gasteiger partial charge in [0.05, 0.1) is 11.0 Å². The van der Waals surface area contributed by atoms with Gasteiger partial charge < -0.3 is 10.1 Å². The van der Waals surface area contributed by atoms with Crippen molar-refractivity contribution in [1.82, 2.24) is 10.0 Å². The molecule has 1 unspecified atom stereocenters. The second-order valence-corrected chi connectivity index (χ2v) is 6.61. The predicted octanol–water partition coefficient (Wildman–Crippen LogP) is 1.25. The van der Waals surface area contributed by atoms with Crippen LogP contribution in [-0.4, -0.2) is 34.2 Å². The Balaban J connectivity index is 2.07. The second-order valence-electron chi connectivity index (χ2n) is 4.87. The molecule has 20 heavy (non-hydrogen) atoms. The van der Waals surface area contributed by atoms with Gasteiger partial charge in [0, 0.05) is 19.7 Å². The largest absolute Gasteiger partial charge is 0.377 e. The minimum absolute atomic E-state index is 0.00528. The van der Waals surface area contributed by atoms with E-state index < -0.39 is 10.0 Å². The van der Waals surface area contributed by atoms with E-state index in [0.29, 0.717) is 18.0 Å². The van der Waals surface area contributed by atoms with Crippen molar-refractivity contribution >= 4 is 10.0 Å². The number of hydrogen-bond acceptors (Lipinski definition) is 4. The molecule has 0 amide bonds. The summed E-state index contributed by atoms with van der Waals surface area (Å²) in [4.78, 5) is 0.346. The van der Waals surface area contributed by atoms with Crippen LogP contribution in [0.3, 0.4) is 0 Å². The zero-order chi connectivity index (χ0) is 14.4. The Bertz CT molecular complexity index is 525. The first kappa shape index (κ1) is 15.4. The highest BCUT2D eigenvalue weighted by Crippen LogP contribution is 2.16.